The van der Waals surface area contributed by atoms with E-state index in [9.17, 15) is 9.59 Å². The summed E-state index contributed by atoms with van der Waals surface area (Å²) in [6.45, 7) is 5.94. The average Bonchev–Trinajstić information content (AvgIpc) is 3.37. The molecule has 0 spiro atoms. The fourth-order valence-electron chi connectivity index (χ4n) is 3.67. The van der Waals surface area contributed by atoms with Gasteiger partial charge in [0.2, 0.25) is 5.78 Å². The summed E-state index contributed by atoms with van der Waals surface area (Å²) in [5.74, 6) is 0.0444. The number of aromatic nitrogens is 2. The lowest BCUT2D eigenvalue weighted by Gasteiger charge is -2.12. The molecule has 164 valence electrons. The molecule has 0 aliphatic rings. The summed E-state index contributed by atoms with van der Waals surface area (Å²) < 4.78 is 11.1. The maximum atomic E-state index is 13.0. The Hall–Kier alpha value is -3.45. The van der Waals surface area contributed by atoms with Crippen LogP contribution >= 0.6 is 11.3 Å². The molecule has 1 atom stereocenters. The van der Waals surface area contributed by atoms with Gasteiger partial charge in [-0.05, 0) is 39.0 Å². The number of aryl methyl sites for hydroxylation is 1. The molecular weight excluding hydrogens is 424 g/mol. The van der Waals surface area contributed by atoms with Gasteiger partial charge in [0.1, 0.15) is 10.8 Å². The topological polar surface area (TPSA) is 81.3 Å². The summed E-state index contributed by atoms with van der Waals surface area (Å²) in [5.41, 5.74) is 3.69. The van der Waals surface area contributed by atoms with E-state index in [0.29, 0.717) is 17.9 Å². The number of thiazole rings is 1. The molecule has 0 saturated carbocycles. The van der Waals surface area contributed by atoms with Crippen LogP contribution in [0.1, 0.15) is 35.6 Å². The highest BCUT2D eigenvalue weighted by Gasteiger charge is 2.25. The summed E-state index contributed by atoms with van der Waals surface area (Å²) in [6.07, 6.45) is -0.894. The van der Waals surface area contributed by atoms with E-state index in [4.69, 9.17) is 9.47 Å². The first kappa shape index (κ1) is 21.8. The number of carbonyl (C=O) groups excluding carboxylic acids is 2. The highest BCUT2D eigenvalue weighted by Crippen LogP contribution is 2.32. The van der Waals surface area contributed by atoms with Crippen molar-refractivity contribution in [2.24, 2.45) is 0 Å². The van der Waals surface area contributed by atoms with Crippen LogP contribution in [-0.2, 0) is 16.0 Å². The van der Waals surface area contributed by atoms with Crippen LogP contribution in [0.5, 0.6) is 5.75 Å². The Labute approximate surface area is 190 Å². The monoisotopic (exact) mass is 448 g/mol. The van der Waals surface area contributed by atoms with E-state index >= 15 is 0 Å². The Kier molecular flexibility index (Phi) is 6.37. The fraction of sp³-hybridized carbons (Fsp3) is 0.240. The Morgan fingerprint density at radius 1 is 1.12 bits per heavy atom. The molecule has 7 heteroatoms. The van der Waals surface area contributed by atoms with Crippen molar-refractivity contribution in [2.75, 3.05) is 6.61 Å². The number of nitrogens with zero attached hydrogens (tertiary/aromatic N) is 1. The van der Waals surface area contributed by atoms with Crippen molar-refractivity contribution in [3.05, 3.63) is 70.9 Å². The van der Waals surface area contributed by atoms with Crippen LogP contribution in [0.4, 0.5) is 0 Å². The standard InChI is InChI=1S/C25H24N2O4S/c1-4-30-21-12-8-6-10-19(21)25-27-17(14-32-25)13-22(28)31-16(3)24(29)23-15(2)26-20-11-7-5-9-18(20)23/h5-12,14,16,26H,4,13H2,1-3H3. The van der Waals surface area contributed by atoms with Gasteiger partial charge < -0.3 is 14.5 Å². The van der Waals surface area contributed by atoms with E-state index in [-0.39, 0.29) is 12.2 Å². The van der Waals surface area contributed by atoms with Crippen molar-refractivity contribution >= 4 is 34.0 Å². The first-order valence-corrected chi connectivity index (χ1v) is 11.3. The summed E-state index contributed by atoms with van der Waals surface area (Å²) >= 11 is 1.44. The van der Waals surface area contributed by atoms with E-state index in [0.717, 1.165) is 32.9 Å². The van der Waals surface area contributed by atoms with Crippen molar-refractivity contribution in [3.8, 4) is 16.3 Å². The van der Waals surface area contributed by atoms with E-state index in [1.165, 1.54) is 11.3 Å². The van der Waals surface area contributed by atoms with Crippen LogP contribution in [0.3, 0.4) is 0 Å². The van der Waals surface area contributed by atoms with Crippen LogP contribution in [0.15, 0.2) is 53.9 Å². The minimum Gasteiger partial charge on any atom is -0.493 e. The predicted molar refractivity (Wildman–Crippen MR) is 125 cm³/mol. The normalized spacial score (nSPS) is 12.0. The number of H-pyrrole nitrogens is 1. The second kappa shape index (κ2) is 9.36. The molecule has 0 aliphatic heterocycles. The number of nitrogens with one attached hydrogen (secondary N) is 1. The van der Waals surface area contributed by atoms with Gasteiger partial charge in [-0.15, -0.1) is 11.3 Å². The molecule has 0 amide bonds. The SMILES string of the molecule is CCOc1ccccc1-c1nc(CC(=O)OC(C)C(=O)c2c(C)[nH]c3ccccc23)cs1. The Morgan fingerprint density at radius 3 is 2.69 bits per heavy atom. The maximum absolute atomic E-state index is 13.0. The summed E-state index contributed by atoms with van der Waals surface area (Å²) in [7, 11) is 0. The van der Waals surface area contributed by atoms with Crippen LogP contribution in [0, 0.1) is 6.92 Å². The van der Waals surface area contributed by atoms with Crippen molar-refractivity contribution in [3.63, 3.8) is 0 Å². The van der Waals surface area contributed by atoms with Gasteiger partial charge in [-0.1, -0.05) is 30.3 Å². The Morgan fingerprint density at radius 2 is 1.88 bits per heavy atom. The fourth-order valence-corrected chi connectivity index (χ4v) is 4.52. The molecule has 32 heavy (non-hydrogen) atoms. The molecule has 2 aromatic heterocycles. The minimum atomic E-state index is -0.891. The van der Waals surface area contributed by atoms with E-state index in [2.05, 4.69) is 9.97 Å². The molecular formula is C25H24N2O4S. The molecule has 0 aliphatic carbocycles. The largest absolute Gasteiger partial charge is 0.493 e. The van der Waals surface area contributed by atoms with Gasteiger partial charge in [0.25, 0.3) is 0 Å². The molecule has 2 aromatic carbocycles. The number of aromatic amines is 1. The van der Waals surface area contributed by atoms with E-state index in [1.54, 1.807) is 6.92 Å². The quantitative estimate of drug-likeness (QED) is 0.290. The Balaban J connectivity index is 1.44. The number of ether oxygens (including phenoxy) is 2. The van der Waals surface area contributed by atoms with Crippen LogP contribution in [-0.4, -0.2) is 34.4 Å². The summed E-state index contributed by atoms with van der Waals surface area (Å²) in [6, 6.07) is 15.3. The number of benzene rings is 2. The highest BCUT2D eigenvalue weighted by molar-refractivity contribution is 7.13. The van der Waals surface area contributed by atoms with Gasteiger partial charge in [0.05, 0.1) is 24.3 Å². The number of esters is 1. The molecule has 1 N–H and O–H groups in total. The van der Waals surface area contributed by atoms with E-state index < -0.39 is 12.1 Å². The number of hydrogen-bond donors (Lipinski definition) is 1. The van der Waals surface area contributed by atoms with Gasteiger partial charge >= 0.3 is 5.97 Å². The van der Waals surface area contributed by atoms with Gasteiger partial charge in [-0.25, -0.2) is 4.98 Å². The number of carbonyl (C=O) groups is 2. The van der Waals surface area contributed by atoms with Crippen LogP contribution < -0.4 is 4.74 Å². The maximum Gasteiger partial charge on any atom is 0.312 e. The zero-order valence-corrected chi connectivity index (χ0v) is 19.0. The van der Waals surface area contributed by atoms with Crippen molar-refractivity contribution in [1.29, 1.82) is 0 Å². The van der Waals surface area contributed by atoms with Gasteiger partial charge in [-0.3, -0.25) is 9.59 Å². The lowest BCUT2D eigenvalue weighted by atomic mass is 10.0. The van der Waals surface area contributed by atoms with Gasteiger partial charge in [-0.2, -0.15) is 0 Å². The lowest BCUT2D eigenvalue weighted by molar-refractivity contribution is -0.145. The number of para-hydroxylation sites is 2. The number of hydrogen-bond acceptors (Lipinski definition) is 6. The van der Waals surface area contributed by atoms with Gasteiger partial charge in [0, 0.05) is 27.5 Å². The molecule has 0 bridgehead atoms. The van der Waals surface area contributed by atoms with Crippen molar-refractivity contribution < 1.29 is 19.1 Å². The first-order valence-electron chi connectivity index (χ1n) is 10.5. The third-order valence-electron chi connectivity index (χ3n) is 5.11. The van der Waals surface area contributed by atoms with Gasteiger partial charge in [0.15, 0.2) is 6.10 Å². The molecule has 0 saturated heterocycles. The van der Waals surface area contributed by atoms with E-state index in [1.807, 2.05) is 67.8 Å². The summed E-state index contributed by atoms with van der Waals surface area (Å²) in [4.78, 5) is 33.3. The number of ketones is 1. The molecule has 4 aromatic rings. The molecule has 4 rings (SSSR count). The smallest absolute Gasteiger partial charge is 0.312 e. The lowest BCUT2D eigenvalue weighted by Crippen LogP contribution is -2.25. The minimum absolute atomic E-state index is 0.00219. The predicted octanol–water partition coefficient (Wildman–Crippen LogP) is 5.36. The highest BCUT2D eigenvalue weighted by atomic mass is 32.1. The second-order valence-electron chi connectivity index (χ2n) is 7.42. The first-order chi connectivity index (χ1) is 15.5. The molecule has 0 fully saturated rings. The average molecular weight is 449 g/mol. The zero-order chi connectivity index (χ0) is 22.7. The molecule has 0 radical (unpaired) electrons. The zero-order valence-electron chi connectivity index (χ0n) is 18.2. The third kappa shape index (κ3) is 4.43. The molecule has 1 unspecified atom stereocenters. The second-order valence-corrected chi connectivity index (χ2v) is 8.27. The van der Waals surface area contributed by atoms with Crippen LogP contribution in [0.2, 0.25) is 0 Å². The van der Waals surface area contributed by atoms with Crippen molar-refractivity contribution in [1.82, 2.24) is 9.97 Å². The molecule has 6 nitrogen and oxygen atoms in total. The Bertz CT molecular complexity index is 1270. The number of fused-ring (bicyclic) bond motifs is 1. The van der Waals surface area contributed by atoms with Crippen LogP contribution in [0.25, 0.3) is 21.5 Å². The van der Waals surface area contributed by atoms with Crippen molar-refractivity contribution in [2.45, 2.75) is 33.3 Å². The summed E-state index contributed by atoms with van der Waals surface area (Å²) in [5, 5.41) is 3.43. The number of rotatable bonds is 8. The molecule has 2 heterocycles. The third-order valence-corrected chi connectivity index (χ3v) is 6.04. The number of Topliss-reactive ketones (excluding diaryl/α,β-unsaturated/α-hetero) is 1.